The molecule has 1 N–H and O–H groups in total. The van der Waals surface area contributed by atoms with Gasteiger partial charge in [0, 0.05) is 6.54 Å². The maximum atomic E-state index is 12.2. The quantitative estimate of drug-likeness (QED) is 0.889. The van der Waals surface area contributed by atoms with Gasteiger partial charge in [0.1, 0.15) is 0 Å². The third kappa shape index (κ3) is 4.08. The van der Waals surface area contributed by atoms with Gasteiger partial charge in [-0.15, -0.1) is 0 Å². The Hall–Kier alpha value is -1.32. The lowest BCUT2D eigenvalue weighted by atomic mass is 10.1. The molecule has 0 saturated heterocycles. The Kier molecular flexibility index (Phi) is 5.15. The van der Waals surface area contributed by atoms with E-state index >= 15 is 0 Å². The van der Waals surface area contributed by atoms with Gasteiger partial charge in [-0.25, -0.2) is 0 Å². The predicted octanol–water partition coefficient (Wildman–Crippen LogP) is 2.98. The van der Waals surface area contributed by atoms with Crippen LogP contribution in [0.4, 0.5) is 0 Å². The maximum Gasteiger partial charge on any atom is 0.254 e. The van der Waals surface area contributed by atoms with Crippen molar-refractivity contribution in [1.82, 2.24) is 15.1 Å². The summed E-state index contributed by atoms with van der Waals surface area (Å²) in [6.45, 7) is 13.3. The van der Waals surface area contributed by atoms with Crippen molar-refractivity contribution in [2.75, 3.05) is 6.54 Å². The second kappa shape index (κ2) is 6.22. The Morgan fingerprint density at radius 2 is 2.05 bits per heavy atom. The van der Waals surface area contributed by atoms with E-state index in [-0.39, 0.29) is 11.4 Å². The first-order valence-corrected chi connectivity index (χ1v) is 7.13. The highest BCUT2D eigenvalue weighted by atomic mass is 16.1. The van der Waals surface area contributed by atoms with Crippen LogP contribution < -0.4 is 5.32 Å². The molecule has 4 nitrogen and oxygen atoms in total. The van der Waals surface area contributed by atoms with Crippen LogP contribution in [0.25, 0.3) is 0 Å². The number of carbonyl (C=O) groups is 1. The van der Waals surface area contributed by atoms with E-state index in [1.807, 2.05) is 4.68 Å². The molecule has 1 aromatic heterocycles. The Balaban J connectivity index is 3.01. The fourth-order valence-electron chi connectivity index (χ4n) is 2.01. The van der Waals surface area contributed by atoms with Gasteiger partial charge < -0.3 is 5.32 Å². The van der Waals surface area contributed by atoms with Gasteiger partial charge >= 0.3 is 0 Å². The molecule has 0 saturated carbocycles. The van der Waals surface area contributed by atoms with Gasteiger partial charge in [-0.3, -0.25) is 9.48 Å². The zero-order valence-electron chi connectivity index (χ0n) is 13.1. The van der Waals surface area contributed by atoms with Crippen molar-refractivity contribution in [3.05, 3.63) is 17.5 Å². The molecule has 0 spiro atoms. The van der Waals surface area contributed by atoms with E-state index < -0.39 is 0 Å². The molecule has 1 rings (SSSR count). The zero-order chi connectivity index (χ0) is 14.6. The summed E-state index contributed by atoms with van der Waals surface area (Å²) < 4.78 is 1.97. The van der Waals surface area contributed by atoms with E-state index in [1.165, 1.54) is 0 Å². The molecular weight excluding hydrogens is 238 g/mol. The van der Waals surface area contributed by atoms with Gasteiger partial charge in [-0.05, 0) is 33.1 Å². The third-order valence-electron chi connectivity index (χ3n) is 2.91. The lowest BCUT2D eigenvalue weighted by Gasteiger charge is -2.23. The van der Waals surface area contributed by atoms with Crippen LogP contribution in [0.2, 0.25) is 0 Å². The molecule has 1 heterocycles. The summed E-state index contributed by atoms with van der Waals surface area (Å²) in [6.07, 6.45) is 3.58. The second-order valence-corrected chi connectivity index (χ2v) is 6.44. The van der Waals surface area contributed by atoms with Gasteiger partial charge in [-0.2, -0.15) is 5.10 Å². The number of hydrogen-bond donors (Lipinski definition) is 1. The lowest BCUT2D eigenvalue weighted by Crippen LogP contribution is -2.29. The van der Waals surface area contributed by atoms with Crippen LogP contribution >= 0.6 is 0 Å². The standard InChI is InChI=1S/C15H27N3O/c1-7-8-13-12(14(19)16-9-11(2)3)10-17-18(13)15(4,5)6/h10-11H,7-9H2,1-6H3,(H,16,19). The van der Waals surface area contributed by atoms with E-state index in [2.05, 4.69) is 52.0 Å². The minimum absolute atomic E-state index is 0.00681. The summed E-state index contributed by atoms with van der Waals surface area (Å²) in [5, 5.41) is 7.38. The van der Waals surface area contributed by atoms with Crippen molar-refractivity contribution < 1.29 is 4.79 Å². The summed E-state index contributed by atoms with van der Waals surface area (Å²) >= 11 is 0. The molecule has 4 heteroatoms. The highest BCUT2D eigenvalue weighted by molar-refractivity contribution is 5.95. The third-order valence-corrected chi connectivity index (χ3v) is 2.91. The highest BCUT2D eigenvalue weighted by Gasteiger charge is 2.23. The molecule has 0 aromatic carbocycles. The van der Waals surface area contributed by atoms with Crippen molar-refractivity contribution in [2.24, 2.45) is 5.92 Å². The lowest BCUT2D eigenvalue weighted by molar-refractivity contribution is 0.0947. The summed E-state index contributed by atoms with van der Waals surface area (Å²) in [7, 11) is 0. The van der Waals surface area contributed by atoms with E-state index in [0.717, 1.165) is 24.1 Å². The van der Waals surface area contributed by atoms with E-state index in [9.17, 15) is 4.79 Å². The second-order valence-electron chi connectivity index (χ2n) is 6.44. The van der Waals surface area contributed by atoms with Gasteiger partial charge in [0.2, 0.25) is 0 Å². The number of carbonyl (C=O) groups excluding carboxylic acids is 1. The normalized spacial score (nSPS) is 11.9. The number of aromatic nitrogens is 2. The monoisotopic (exact) mass is 265 g/mol. The Morgan fingerprint density at radius 3 is 2.53 bits per heavy atom. The highest BCUT2D eigenvalue weighted by Crippen LogP contribution is 2.20. The van der Waals surface area contributed by atoms with Gasteiger partial charge in [0.05, 0.1) is 23.0 Å². The van der Waals surface area contributed by atoms with Crippen LogP contribution in [0, 0.1) is 5.92 Å². The molecule has 1 amide bonds. The molecule has 0 aliphatic heterocycles. The fourth-order valence-corrected chi connectivity index (χ4v) is 2.01. The van der Waals surface area contributed by atoms with E-state index in [1.54, 1.807) is 6.20 Å². The van der Waals surface area contributed by atoms with Crippen LogP contribution in [-0.4, -0.2) is 22.2 Å². The van der Waals surface area contributed by atoms with Crippen molar-refractivity contribution in [3.8, 4) is 0 Å². The topological polar surface area (TPSA) is 46.9 Å². The van der Waals surface area contributed by atoms with Gasteiger partial charge in [-0.1, -0.05) is 27.2 Å². The molecule has 19 heavy (non-hydrogen) atoms. The number of nitrogens with one attached hydrogen (secondary N) is 1. The van der Waals surface area contributed by atoms with Crippen LogP contribution in [-0.2, 0) is 12.0 Å². The smallest absolute Gasteiger partial charge is 0.254 e. The molecule has 108 valence electrons. The Labute approximate surface area is 116 Å². The molecule has 0 aliphatic rings. The predicted molar refractivity (Wildman–Crippen MR) is 78.4 cm³/mol. The summed E-state index contributed by atoms with van der Waals surface area (Å²) in [4.78, 5) is 12.2. The van der Waals surface area contributed by atoms with Crippen LogP contribution in [0.3, 0.4) is 0 Å². The SMILES string of the molecule is CCCc1c(C(=O)NCC(C)C)cnn1C(C)(C)C. The van der Waals surface area contributed by atoms with Crippen molar-refractivity contribution in [1.29, 1.82) is 0 Å². The van der Waals surface area contributed by atoms with Crippen molar-refractivity contribution in [3.63, 3.8) is 0 Å². The largest absolute Gasteiger partial charge is 0.352 e. The molecule has 0 radical (unpaired) electrons. The van der Waals surface area contributed by atoms with E-state index in [0.29, 0.717) is 12.5 Å². The zero-order valence-corrected chi connectivity index (χ0v) is 13.1. The van der Waals surface area contributed by atoms with E-state index in [4.69, 9.17) is 0 Å². The molecule has 0 bridgehead atoms. The molecule has 0 fully saturated rings. The minimum Gasteiger partial charge on any atom is -0.352 e. The van der Waals surface area contributed by atoms with Crippen LogP contribution in [0.15, 0.2) is 6.20 Å². The van der Waals surface area contributed by atoms with Crippen molar-refractivity contribution in [2.45, 2.75) is 59.9 Å². The Morgan fingerprint density at radius 1 is 1.42 bits per heavy atom. The molecule has 0 aliphatic carbocycles. The summed E-state index contributed by atoms with van der Waals surface area (Å²) in [5.41, 5.74) is 1.66. The minimum atomic E-state index is -0.0961. The number of nitrogens with zero attached hydrogens (tertiary/aromatic N) is 2. The number of hydrogen-bond acceptors (Lipinski definition) is 2. The molecule has 0 unspecified atom stereocenters. The van der Waals surface area contributed by atoms with Crippen molar-refractivity contribution >= 4 is 5.91 Å². The van der Waals surface area contributed by atoms with Crippen LogP contribution in [0.1, 0.15) is 64.0 Å². The summed E-state index contributed by atoms with van der Waals surface area (Å²) in [6, 6.07) is 0. The van der Waals surface area contributed by atoms with Crippen LogP contribution in [0.5, 0.6) is 0 Å². The maximum absolute atomic E-state index is 12.2. The van der Waals surface area contributed by atoms with Gasteiger partial charge in [0.25, 0.3) is 5.91 Å². The van der Waals surface area contributed by atoms with Gasteiger partial charge in [0.15, 0.2) is 0 Å². The molecular formula is C15H27N3O. The number of rotatable bonds is 5. The molecule has 0 atom stereocenters. The first-order valence-electron chi connectivity index (χ1n) is 7.13. The average Bonchev–Trinajstić information content (AvgIpc) is 2.70. The first-order chi connectivity index (χ1) is 8.77. The molecule has 1 aromatic rings. The summed E-state index contributed by atoms with van der Waals surface area (Å²) in [5.74, 6) is 0.448. The Bertz CT molecular complexity index is 427. The first kappa shape index (κ1) is 15.7. The average molecular weight is 265 g/mol. The number of amides is 1. The fraction of sp³-hybridized carbons (Fsp3) is 0.733.